The molecule has 1 aliphatic carbocycles. The van der Waals surface area contributed by atoms with Crippen LogP contribution < -0.4 is 0 Å². The average molecular weight is 230 g/mol. The van der Waals surface area contributed by atoms with Gasteiger partial charge in [-0.3, -0.25) is 0 Å². The van der Waals surface area contributed by atoms with Crippen molar-refractivity contribution < 1.29 is 9.90 Å². The van der Waals surface area contributed by atoms with E-state index in [4.69, 9.17) is 0 Å². The molecule has 6 nitrogen and oxygen atoms in total. The summed E-state index contributed by atoms with van der Waals surface area (Å²) in [4.78, 5) is 11.2. The molecule has 0 atom stereocenters. The fourth-order valence-electron chi connectivity index (χ4n) is 1.87. The Labute approximate surface area is 96.9 Å². The molecule has 86 valence electrons. The normalized spacial score (nSPS) is 14.8. The summed E-state index contributed by atoms with van der Waals surface area (Å²) in [6.45, 7) is 0. The summed E-state index contributed by atoms with van der Waals surface area (Å²) in [5, 5.41) is 19.9. The van der Waals surface area contributed by atoms with Crippen LogP contribution >= 0.6 is 0 Å². The van der Waals surface area contributed by atoms with E-state index in [1.165, 1.54) is 11.0 Å². The molecule has 1 fully saturated rings. The van der Waals surface area contributed by atoms with E-state index in [-0.39, 0.29) is 5.56 Å². The van der Waals surface area contributed by atoms with Gasteiger partial charge in [-0.2, -0.15) is 4.68 Å². The standard InChI is InChI=1S/C11H10N4O2/c16-11(17)9-5-8(7-1-2-7)3-4-10(9)15-6-12-13-14-15/h3-7H,1-2H2,(H,16,17). The lowest BCUT2D eigenvalue weighted by Crippen LogP contribution is -2.07. The lowest BCUT2D eigenvalue weighted by molar-refractivity contribution is 0.0696. The van der Waals surface area contributed by atoms with Crippen LogP contribution in [0.15, 0.2) is 24.5 Å². The first-order valence-corrected chi connectivity index (χ1v) is 5.36. The average Bonchev–Trinajstić information content (AvgIpc) is 3.04. The maximum Gasteiger partial charge on any atom is 0.337 e. The summed E-state index contributed by atoms with van der Waals surface area (Å²) in [5.41, 5.74) is 1.81. The Morgan fingerprint density at radius 3 is 2.82 bits per heavy atom. The van der Waals surface area contributed by atoms with Crippen LogP contribution in [0.1, 0.15) is 34.7 Å². The Kier molecular flexibility index (Phi) is 2.14. The molecule has 0 bridgehead atoms. The molecule has 1 aliphatic rings. The zero-order valence-corrected chi connectivity index (χ0v) is 8.95. The number of carboxylic acids is 1. The highest BCUT2D eigenvalue weighted by Gasteiger charge is 2.25. The number of nitrogens with zero attached hydrogens (tertiary/aromatic N) is 4. The van der Waals surface area contributed by atoms with Gasteiger partial charge in [0.1, 0.15) is 6.33 Å². The molecule has 0 aliphatic heterocycles. The lowest BCUT2D eigenvalue weighted by atomic mass is 10.1. The van der Waals surface area contributed by atoms with E-state index in [9.17, 15) is 9.90 Å². The number of carboxylic acid groups (broad SMARTS) is 1. The van der Waals surface area contributed by atoms with Crippen LogP contribution in [0.4, 0.5) is 0 Å². The van der Waals surface area contributed by atoms with Gasteiger partial charge in [0.15, 0.2) is 0 Å². The highest BCUT2D eigenvalue weighted by molar-refractivity contribution is 5.92. The van der Waals surface area contributed by atoms with E-state index in [0.29, 0.717) is 11.6 Å². The van der Waals surface area contributed by atoms with Gasteiger partial charge in [0.25, 0.3) is 0 Å². The predicted molar refractivity (Wildman–Crippen MR) is 58.1 cm³/mol. The molecule has 0 saturated heterocycles. The second-order valence-electron chi connectivity index (χ2n) is 4.11. The van der Waals surface area contributed by atoms with Gasteiger partial charge in [0.05, 0.1) is 11.3 Å². The van der Waals surface area contributed by atoms with Crippen molar-refractivity contribution in [1.29, 1.82) is 0 Å². The lowest BCUT2D eigenvalue weighted by Gasteiger charge is -2.07. The van der Waals surface area contributed by atoms with Crippen LogP contribution in [0.2, 0.25) is 0 Å². The first-order chi connectivity index (χ1) is 8.25. The molecule has 1 saturated carbocycles. The summed E-state index contributed by atoms with van der Waals surface area (Å²) in [6, 6.07) is 5.42. The Morgan fingerprint density at radius 2 is 2.24 bits per heavy atom. The van der Waals surface area contributed by atoms with E-state index in [1.54, 1.807) is 12.1 Å². The second kappa shape index (κ2) is 3.65. The molecule has 3 rings (SSSR count). The number of hydrogen-bond acceptors (Lipinski definition) is 4. The van der Waals surface area contributed by atoms with Crippen LogP contribution in [-0.4, -0.2) is 31.3 Å². The molecule has 1 aromatic carbocycles. The highest BCUT2D eigenvalue weighted by Crippen LogP contribution is 2.40. The third-order valence-electron chi connectivity index (χ3n) is 2.90. The van der Waals surface area contributed by atoms with Crippen LogP contribution in [0.3, 0.4) is 0 Å². The SMILES string of the molecule is O=C(O)c1cc(C2CC2)ccc1-n1cnnn1. The molecule has 1 aromatic heterocycles. The molecule has 0 amide bonds. The van der Waals surface area contributed by atoms with E-state index >= 15 is 0 Å². The fraction of sp³-hybridized carbons (Fsp3) is 0.273. The Bertz CT molecular complexity index is 561. The molecule has 2 aromatic rings. The number of carbonyl (C=O) groups is 1. The second-order valence-corrected chi connectivity index (χ2v) is 4.11. The minimum Gasteiger partial charge on any atom is -0.478 e. The third-order valence-corrected chi connectivity index (χ3v) is 2.90. The van der Waals surface area contributed by atoms with E-state index in [1.807, 2.05) is 6.07 Å². The number of hydrogen-bond donors (Lipinski definition) is 1. The summed E-state index contributed by atoms with van der Waals surface area (Å²) in [5.74, 6) is -0.436. The Balaban J connectivity index is 2.11. The monoisotopic (exact) mass is 230 g/mol. The Hall–Kier alpha value is -2.24. The smallest absolute Gasteiger partial charge is 0.337 e. The van der Waals surface area contributed by atoms with Gasteiger partial charge in [-0.15, -0.1) is 5.10 Å². The fourth-order valence-corrected chi connectivity index (χ4v) is 1.87. The van der Waals surface area contributed by atoms with Crippen LogP contribution in [0.5, 0.6) is 0 Å². The number of benzene rings is 1. The molecular formula is C11H10N4O2. The summed E-state index contributed by atoms with van der Waals surface area (Å²) < 4.78 is 1.36. The quantitative estimate of drug-likeness (QED) is 0.857. The molecule has 1 N–H and O–H groups in total. The maximum atomic E-state index is 11.2. The van der Waals surface area contributed by atoms with Crippen molar-refractivity contribution in [2.45, 2.75) is 18.8 Å². The first-order valence-electron chi connectivity index (χ1n) is 5.36. The van der Waals surface area contributed by atoms with Crippen molar-refractivity contribution >= 4 is 5.97 Å². The van der Waals surface area contributed by atoms with Crippen molar-refractivity contribution in [2.24, 2.45) is 0 Å². The number of aromatic nitrogens is 4. The highest BCUT2D eigenvalue weighted by atomic mass is 16.4. The topological polar surface area (TPSA) is 80.9 Å². The van der Waals surface area contributed by atoms with Gasteiger partial charge < -0.3 is 5.11 Å². The maximum absolute atomic E-state index is 11.2. The van der Waals surface area contributed by atoms with Crippen molar-refractivity contribution in [1.82, 2.24) is 20.2 Å². The van der Waals surface area contributed by atoms with E-state index in [2.05, 4.69) is 15.5 Å². The van der Waals surface area contributed by atoms with Crippen molar-refractivity contribution in [3.8, 4) is 5.69 Å². The van der Waals surface area contributed by atoms with Gasteiger partial charge in [-0.25, -0.2) is 4.79 Å². The van der Waals surface area contributed by atoms with Crippen LogP contribution in [0, 0.1) is 0 Å². The first kappa shape index (κ1) is 9.95. The van der Waals surface area contributed by atoms with Crippen molar-refractivity contribution in [3.63, 3.8) is 0 Å². The largest absolute Gasteiger partial charge is 0.478 e. The van der Waals surface area contributed by atoms with Gasteiger partial charge in [-0.05, 0) is 46.9 Å². The van der Waals surface area contributed by atoms with Crippen LogP contribution in [-0.2, 0) is 0 Å². The van der Waals surface area contributed by atoms with E-state index < -0.39 is 5.97 Å². The molecule has 0 radical (unpaired) electrons. The van der Waals surface area contributed by atoms with E-state index in [0.717, 1.165) is 18.4 Å². The molecule has 0 spiro atoms. The van der Waals surface area contributed by atoms with Crippen LogP contribution in [0.25, 0.3) is 5.69 Å². The third kappa shape index (κ3) is 1.77. The predicted octanol–water partition coefficient (Wildman–Crippen LogP) is 1.24. The summed E-state index contributed by atoms with van der Waals surface area (Å²) in [6.07, 6.45) is 3.67. The van der Waals surface area contributed by atoms with Crippen molar-refractivity contribution in [2.75, 3.05) is 0 Å². The van der Waals surface area contributed by atoms with Gasteiger partial charge in [-0.1, -0.05) is 6.07 Å². The summed E-state index contributed by atoms with van der Waals surface area (Å²) in [7, 11) is 0. The molecule has 1 heterocycles. The Morgan fingerprint density at radius 1 is 1.41 bits per heavy atom. The zero-order valence-electron chi connectivity index (χ0n) is 8.95. The molecular weight excluding hydrogens is 220 g/mol. The van der Waals surface area contributed by atoms with Gasteiger partial charge in [0.2, 0.25) is 0 Å². The molecule has 0 unspecified atom stereocenters. The van der Waals surface area contributed by atoms with Gasteiger partial charge >= 0.3 is 5.97 Å². The summed E-state index contributed by atoms with van der Waals surface area (Å²) >= 11 is 0. The minimum absolute atomic E-state index is 0.238. The number of aromatic carboxylic acids is 1. The minimum atomic E-state index is -0.960. The zero-order chi connectivity index (χ0) is 11.8. The number of tetrazole rings is 1. The number of rotatable bonds is 3. The molecule has 6 heteroatoms. The van der Waals surface area contributed by atoms with Crippen molar-refractivity contribution in [3.05, 3.63) is 35.7 Å². The van der Waals surface area contributed by atoms with Gasteiger partial charge in [0, 0.05) is 0 Å². The molecule has 17 heavy (non-hydrogen) atoms.